The summed E-state index contributed by atoms with van der Waals surface area (Å²) < 4.78 is 10.3. The summed E-state index contributed by atoms with van der Waals surface area (Å²) in [6, 6.07) is 7.95. The highest BCUT2D eigenvalue weighted by Crippen LogP contribution is 2.10. The first-order chi connectivity index (χ1) is 10.3. The highest BCUT2D eigenvalue weighted by molar-refractivity contribution is 5.72. The number of ether oxygens (including phenoxy) is 2. The first-order valence-corrected chi connectivity index (χ1v) is 7.56. The van der Waals surface area contributed by atoms with Gasteiger partial charge in [0.25, 0.3) is 0 Å². The van der Waals surface area contributed by atoms with Gasteiger partial charge in [0.1, 0.15) is 0 Å². The Morgan fingerprint density at radius 2 is 2.00 bits per heavy atom. The molecule has 1 aromatic carbocycles. The van der Waals surface area contributed by atoms with Gasteiger partial charge in [0.05, 0.1) is 26.2 Å². The number of benzene rings is 1. The molecule has 0 saturated carbocycles. The number of nitrogens with one attached hydrogen (secondary N) is 1. The Morgan fingerprint density at radius 3 is 2.67 bits per heavy atom. The number of rotatable bonds is 7. The minimum atomic E-state index is -0.175. The molecule has 1 aromatic rings. The summed E-state index contributed by atoms with van der Waals surface area (Å²) in [7, 11) is 0. The quantitative estimate of drug-likeness (QED) is 0.773. The standard InChI is InChI=1S/C16H24N2O3/c1-2-21-16(19)13-14-3-5-15(6-4-14)17-7-8-18-9-11-20-12-10-18/h3-6,17H,2,7-13H2,1H3. The molecule has 1 N–H and O–H groups in total. The van der Waals surface area contributed by atoms with Crippen LogP contribution in [0.25, 0.3) is 0 Å². The lowest BCUT2D eigenvalue weighted by Gasteiger charge is -2.26. The van der Waals surface area contributed by atoms with Gasteiger partial charge in [-0.25, -0.2) is 0 Å². The van der Waals surface area contributed by atoms with Gasteiger partial charge in [-0.05, 0) is 24.6 Å². The summed E-state index contributed by atoms with van der Waals surface area (Å²) in [4.78, 5) is 13.8. The lowest BCUT2D eigenvalue weighted by molar-refractivity contribution is -0.142. The van der Waals surface area contributed by atoms with E-state index in [1.807, 2.05) is 31.2 Å². The van der Waals surface area contributed by atoms with Crippen LogP contribution in [0.3, 0.4) is 0 Å². The van der Waals surface area contributed by atoms with Crippen LogP contribution in [0.5, 0.6) is 0 Å². The van der Waals surface area contributed by atoms with Gasteiger partial charge < -0.3 is 14.8 Å². The first kappa shape index (κ1) is 15.8. The second kappa shape index (κ2) is 8.64. The van der Waals surface area contributed by atoms with Crippen LogP contribution in [0, 0.1) is 0 Å². The summed E-state index contributed by atoms with van der Waals surface area (Å²) >= 11 is 0. The minimum absolute atomic E-state index is 0.175. The molecule has 0 radical (unpaired) electrons. The van der Waals surface area contributed by atoms with Crippen molar-refractivity contribution < 1.29 is 14.3 Å². The first-order valence-electron chi connectivity index (χ1n) is 7.56. The van der Waals surface area contributed by atoms with E-state index in [9.17, 15) is 4.79 Å². The van der Waals surface area contributed by atoms with Crippen LogP contribution < -0.4 is 5.32 Å². The van der Waals surface area contributed by atoms with Crippen molar-refractivity contribution in [2.75, 3.05) is 51.3 Å². The van der Waals surface area contributed by atoms with E-state index < -0.39 is 0 Å². The van der Waals surface area contributed by atoms with Crippen LogP contribution in [0.2, 0.25) is 0 Å². The van der Waals surface area contributed by atoms with Crippen molar-refractivity contribution in [3.8, 4) is 0 Å². The normalized spacial score (nSPS) is 15.7. The molecule has 0 bridgehead atoms. The average Bonchev–Trinajstić information content (AvgIpc) is 2.50. The van der Waals surface area contributed by atoms with Gasteiger partial charge in [-0.2, -0.15) is 0 Å². The summed E-state index contributed by atoms with van der Waals surface area (Å²) in [6.07, 6.45) is 0.335. The molecule has 2 rings (SSSR count). The van der Waals surface area contributed by atoms with E-state index in [4.69, 9.17) is 9.47 Å². The maximum absolute atomic E-state index is 11.4. The predicted octanol–water partition coefficient (Wildman–Crippen LogP) is 1.54. The third-order valence-corrected chi connectivity index (χ3v) is 3.47. The van der Waals surface area contributed by atoms with E-state index >= 15 is 0 Å². The second-order valence-corrected chi connectivity index (χ2v) is 5.06. The number of hydrogen-bond acceptors (Lipinski definition) is 5. The molecule has 0 spiro atoms. The Labute approximate surface area is 126 Å². The molecule has 1 aliphatic heterocycles. The van der Waals surface area contributed by atoms with Gasteiger partial charge in [-0.1, -0.05) is 12.1 Å². The Bertz CT molecular complexity index is 428. The molecule has 0 aromatic heterocycles. The minimum Gasteiger partial charge on any atom is -0.466 e. The highest BCUT2D eigenvalue weighted by atomic mass is 16.5. The zero-order chi connectivity index (χ0) is 14.9. The number of nitrogens with zero attached hydrogens (tertiary/aromatic N) is 1. The van der Waals surface area contributed by atoms with E-state index in [0.29, 0.717) is 13.0 Å². The van der Waals surface area contributed by atoms with Crippen molar-refractivity contribution in [3.63, 3.8) is 0 Å². The molecule has 5 heteroatoms. The molecule has 0 unspecified atom stereocenters. The summed E-state index contributed by atoms with van der Waals surface area (Å²) in [5, 5.41) is 3.40. The monoisotopic (exact) mass is 292 g/mol. The van der Waals surface area contributed by atoms with Crippen molar-refractivity contribution in [1.82, 2.24) is 4.90 Å². The SMILES string of the molecule is CCOC(=O)Cc1ccc(NCCN2CCOCC2)cc1. The van der Waals surface area contributed by atoms with Crippen LogP contribution in [-0.4, -0.2) is 56.9 Å². The Balaban J connectivity index is 1.70. The molecule has 1 aliphatic rings. The van der Waals surface area contributed by atoms with E-state index in [-0.39, 0.29) is 5.97 Å². The zero-order valence-electron chi connectivity index (χ0n) is 12.6. The number of esters is 1. The van der Waals surface area contributed by atoms with Crippen molar-refractivity contribution >= 4 is 11.7 Å². The largest absolute Gasteiger partial charge is 0.466 e. The lowest BCUT2D eigenvalue weighted by Crippen LogP contribution is -2.38. The van der Waals surface area contributed by atoms with Gasteiger partial charge in [0.15, 0.2) is 0 Å². The van der Waals surface area contributed by atoms with Crippen molar-refractivity contribution in [2.45, 2.75) is 13.3 Å². The summed E-state index contributed by atoms with van der Waals surface area (Å²) in [5.41, 5.74) is 2.06. The van der Waals surface area contributed by atoms with Crippen molar-refractivity contribution in [2.24, 2.45) is 0 Å². The van der Waals surface area contributed by atoms with E-state index in [1.165, 1.54) is 0 Å². The molecule has 21 heavy (non-hydrogen) atoms. The van der Waals surface area contributed by atoms with E-state index in [1.54, 1.807) is 0 Å². The Hall–Kier alpha value is -1.59. The van der Waals surface area contributed by atoms with Crippen molar-refractivity contribution in [1.29, 1.82) is 0 Å². The third kappa shape index (κ3) is 5.73. The Morgan fingerprint density at radius 1 is 1.29 bits per heavy atom. The maximum Gasteiger partial charge on any atom is 0.310 e. The second-order valence-electron chi connectivity index (χ2n) is 5.06. The average molecular weight is 292 g/mol. The summed E-state index contributed by atoms with van der Waals surface area (Å²) in [6.45, 7) is 7.88. The van der Waals surface area contributed by atoms with Gasteiger partial charge in [0, 0.05) is 31.9 Å². The molecule has 0 amide bonds. The highest BCUT2D eigenvalue weighted by Gasteiger charge is 2.09. The molecular weight excluding hydrogens is 268 g/mol. The van der Waals surface area contributed by atoms with Crippen LogP contribution in [0.15, 0.2) is 24.3 Å². The van der Waals surface area contributed by atoms with Crippen LogP contribution in [0.4, 0.5) is 5.69 Å². The molecule has 1 heterocycles. The number of hydrogen-bond donors (Lipinski definition) is 1. The number of anilines is 1. The third-order valence-electron chi connectivity index (χ3n) is 3.47. The van der Waals surface area contributed by atoms with Gasteiger partial charge >= 0.3 is 5.97 Å². The van der Waals surface area contributed by atoms with E-state index in [2.05, 4.69) is 10.2 Å². The number of carbonyl (C=O) groups is 1. The molecule has 0 atom stereocenters. The Kier molecular flexibility index (Phi) is 6.50. The fourth-order valence-corrected chi connectivity index (χ4v) is 2.30. The van der Waals surface area contributed by atoms with Crippen LogP contribution in [-0.2, 0) is 20.7 Å². The molecule has 116 valence electrons. The molecular formula is C16H24N2O3. The molecule has 1 fully saturated rings. The fourth-order valence-electron chi connectivity index (χ4n) is 2.30. The van der Waals surface area contributed by atoms with Crippen molar-refractivity contribution in [3.05, 3.63) is 29.8 Å². The molecule has 1 saturated heterocycles. The van der Waals surface area contributed by atoms with Gasteiger partial charge in [-0.3, -0.25) is 9.69 Å². The van der Waals surface area contributed by atoms with E-state index in [0.717, 1.165) is 50.6 Å². The summed E-state index contributed by atoms with van der Waals surface area (Å²) in [5.74, 6) is -0.175. The molecule has 0 aliphatic carbocycles. The predicted molar refractivity (Wildman–Crippen MR) is 82.5 cm³/mol. The molecule has 5 nitrogen and oxygen atoms in total. The lowest BCUT2D eigenvalue weighted by atomic mass is 10.1. The van der Waals surface area contributed by atoms with Crippen LogP contribution in [0.1, 0.15) is 12.5 Å². The number of carbonyl (C=O) groups excluding carboxylic acids is 1. The fraction of sp³-hybridized carbons (Fsp3) is 0.562. The van der Waals surface area contributed by atoms with Gasteiger partial charge in [0.2, 0.25) is 0 Å². The smallest absolute Gasteiger partial charge is 0.310 e. The number of morpholine rings is 1. The van der Waals surface area contributed by atoms with Crippen LogP contribution >= 0.6 is 0 Å². The zero-order valence-corrected chi connectivity index (χ0v) is 12.6. The maximum atomic E-state index is 11.4. The van der Waals surface area contributed by atoms with Gasteiger partial charge in [-0.15, -0.1) is 0 Å². The topological polar surface area (TPSA) is 50.8 Å².